The molecule has 0 bridgehead atoms. The summed E-state index contributed by atoms with van der Waals surface area (Å²) in [6.07, 6.45) is 5.64. The maximum atomic E-state index is 11.6. The summed E-state index contributed by atoms with van der Waals surface area (Å²) in [6, 6.07) is 1.46. The molecule has 0 saturated heterocycles. The molecule has 0 unspecified atom stereocenters. The van der Waals surface area contributed by atoms with Gasteiger partial charge in [0.15, 0.2) is 0 Å². The third-order valence-corrected chi connectivity index (χ3v) is 2.95. The van der Waals surface area contributed by atoms with Crippen molar-refractivity contribution in [3.63, 3.8) is 0 Å². The van der Waals surface area contributed by atoms with Crippen LogP contribution in [0.25, 0.3) is 0 Å². The maximum absolute atomic E-state index is 11.6. The Morgan fingerprint density at radius 2 is 2.12 bits per heavy atom. The first-order valence-corrected chi connectivity index (χ1v) is 6.39. The fourth-order valence-corrected chi connectivity index (χ4v) is 1.58. The monoisotopic (exact) mass is 275 g/mol. The average molecular weight is 276 g/mol. The number of esters is 1. The minimum Gasteiger partial charge on any atom is -0.462 e. The third-order valence-electron chi connectivity index (χ3n) is 2.26. The Labute approximate surface area is 111 Å². The summed E-state index contributed by atoms with van der Waals surface area (Å²) >= 11 is 11.4. The maximum Gasteiger partial charge on any atom is 0.339 e. The molecule has 0 amide bonds. The fourth-order valence-electron chi connectivity index (χ4n) is 1.31. The smallest absolute Gasteiger partial charge is 0.339 e. The lowest BCUT2D eigenvalue weighted by molar-refractivity contribution is 0.0497. The van der Waals surface area contributed by atoms with Crippen LogP contribution >= 0.6 is 23.2 Å². The third kappa shape index (κ3) is 4.92. The van der Waals surface area contributed by atoms with Crippen molar-refractivity contribution >= 4 is 29.2 Å². The van der Waals surface area contributed by atoms with Gasteiger partial charge in [0.05, 0.1) is 17.2 Å². The molecular weight excluding hydrogens is 261 g/mol. The van der Waals surface area contributed by atoms with Crippen LogP contribution in [0.2, 0.25) is 10.2 Å². The number of aromatic nitrogens is 1. The van der Waals surface area contributed by atoms with Crippen LogP contribution in [0.3, 0.4) is 0 Å². The summed E-state index contributed by atoms with van der Waals surface area (Å²) in [6.45, 7) is 2.56. The highest BCUT2D eigenvalue weighted by atomic mass is 35.5. The zero-order valence-electron chi connectivity index (χ0n) is 9.71. The molecule has 0 spiro atoms. The Bertz CT molecular complexity index is 383. The molecule has 0 saturated carbocycles. The lowest BCUT2D eigenvalue weighted by Crippen LogP contribution is -2.07. The van der Waals surface area contributed by atoms with Crippen molar-refractivity contribution in [2.75, 3.05) is 6.61 Å². The van der Waals surface area contributed by atoms with E-state index in [1.807, 2.05) is 0 Å². The molecule has 5 heteroatoms. The number of carbonyl (C=O) groups excluding carboxylic acids is 1. The van der Waals surface area contributed by atoms with Gasteiger partial charge in [0.1, 0.15) is 5.15 Å². The van der Waals surface area contributed by atoms with Gasteiger partial charge in [-0.1, -0.05) is 49.4 Å². The van der Waals surface area contributed by atoms with Crippen LogP contribution < -0.4 is 0 Å². The molecule has 17 heavy (non-hydrogen) atoms. The van der Waals surface area contributed by atoms with E-state index in [0.29, 0.717) is 12.2 Å². The molecule has 1 aromatic heterocycles. The highest BCUT2D eigenvalue weighted by Crippen LogP contribution is 2.20. The first kappa shape index (κ1) is 14.3. The van der Waals surface area contributed by atoms with E-state index >= 15 is 0 Å². The number of rotatable bonds is 6. The predicted molar refractivity (Wildman–Crippen MR) is 68.7 cm³/mol. The summed E-state index contributed by atoms with van der Waals surface area (Å²) in [4.78, 5) is 15.4. The molecule has 0 fully saturated rings. The molecule has 0 aliphatic heterocycles. The van der Waals surface area contributed by atoms with Crippen molar-refractivity contribution in [3.8, 4) is 0 Å². The first-order valence-electron chi connectivity index (χ1n) is 5.63. The van der Waals surface area contributed by atoms with Gasteiger partial charge in [-0.25, -0.2) is 9.78 Å². The lowest BCUT2D eigenvalue weighted by Gasteiger charge is -2.04. The number of ether oxygens (including phenoxy) is 1. The van der Waals surface area contributed by atoms with Crippen molar-refractivity contribution in [3.05, 3.63) is 28.0 Å². The van der Waals surface area contributed by atoms with Crippen molar-refractivity contribution in [1.29, 1.82) is 0 Å². The Morgan fingerprint density at radius 1 is 1.35 bits per heavy atom. The van der Waals surface area contributed by atoms with Gasteiger partial charge in [0.25, 0.3) is 0 Å². The van der Waals surface area contributed by atoms with E-state index in [9.17, 15) is 4.79 Å². The van der Waals surface area contributed by atoms with Crippen molar-refractivity contribution < 1.29 is 9.53 Å². The van der Waals surface area contributed by atoms with Crippen LogP contribution in [0.1, 0.15) is 43.0 Å². The van der Waals surface area contributed by atoms with Crippen molar-refractivity contribution in [2.45, 2.75) is 32.6 Å². The number of pyridine rings is 1. The zero-order valence-corrected chi connectivity index (χ0v) is 11.2. The van der Waals surface area contributed by atoms with Crippen LogP contribution in [0.15, 0.2) is 12.3 Å². The Hall–Kier alpha value is -0.800. The Kier molecular flexibility index (Phi) is 6.30. The van der Waals surface area contributed by atoms with Gasteiger partial charge in [-0.2, -0.15) is 0 Å². The lowest BCUT2D eigenvalue weighted by atomic mass is 10.2. The molecule has 0 atom stereocenters. The van der Waals surface area contributed by atoms with Crippen LogP contribution in [0.4, 0.5) is 0 Å². The number of nitrogens with zero attached hydrogens (tertiary/aromatic N) is 1. The zero-order chi connectivity index (χ0) is 12.7. The van der Waals surface area contributed by atoms with Crippen LogP contribution in [-0.4, -0.2) is 17.6 Å². The highest BCUT2D eigenvalue weighted by molar-refractivity contribution is 6.41. The Balaban J connectivity index is 2.39. The van der Waals surface area contributed by atoms with Gasteiger partial charge >= 0.3 is 5.97 Å². The summed E-state index contributed by atoms with van der Waals surface area (Å²) < 4.78 is 5.09. The minimum absolute atomic E-state index is 0.186. The van der Waals surface area contributed by atoms with E-state index in [1.54, 1.807) is 0 Å². The molecule has 0 N–H and O–H groups in total. The molecular formula is C12H15Cl2NO2. The van der Waals surface area contributed by atoms with Crippen LogP contribution in [-0.2, 0) is 4.74 Å². The van der Waals surface area contributed by atoms with Gasteiger partial charge < -0.3 is 4.74 Å². The summed E-state index contributed by atoms with van der Waals surface area (Å²) in [5, 5.41) is 0.443. The molecule has 0 aliphatic carbocycles. The van der Waals surface area contributed by atoms with Gasteiger partial charge in [-0.15, -0.1) is 0 Å². The van der Waals surface area contributed by atoms with Gasteiger partial charge in [-0.3, -0.25) is 0 Å². The molecule has 0 aliphatic rings. The SMILES string of the molecule is CCCCCCOC(=O)c1cnc(Cl)c(Cl)c1. The van der Waals surface area contributed by atoms with Crippen LogP contribution in [0, 0.1) is 0 Å². The topological polar surface area (TPSA) is 39.2 Å². The second-order valence-electron chi connectivity index (χ2n) is 3.69. The Morgan fingerprint density at radius 3 is 2.76 bits per heavy atom. The number of carbonyl (C=O) groups is 1. The van der Waals surface area contributed by atoms with Crippen molar-refractivity contribution in [1.82, 2.24) is 4.98 Å². The van der Waals surface area contributed by atoms with Gasteiger partial charge in [-0.05, 0) is 12.5 Å². The second kappa shape index (κ2) is 7.51. The average Bonchev–Trinajstić information content (AvgIpc) is 2.32. The summed E-state index contributed by atoms with van der Waals surface area (Å²) in [7, 11) is 0. The molecule has 1 heterocycles. The highest BCUT2D eigenvalue weighted by Gasteiger charge is 2.09. The largest absolute Gasteiger partial charge is 0.462 e. The standard InChI is InChI=1S/C12H15Cl2NO2/c1-2-3-4-5-6-17-12(16)9-7-10(13)11(14)15-8-9/h7-8H,2-6H2,1H3. The quantitative estimate of drug-likeness (QED) is 0.445. The van der Waals surface area contributed by atoms with Gasteiger partial charge in [0.2, 0.25) is 0 Å². The number of halogens is 2. The first-order chi connectivity index (χ1) is 8.15. The predicted octanol–water partition coefficient (Wildman–Crippen LogP) is 4.13. The van der Waals surface area contributed by atoms with E-state index in [0.717, 1.165) is 25.7 Å². The number of unbranched alkanes of at least 4 members (excludes halogenated alkanes) is 3. The second-order valence-corrected chi connectivity index (χ2v) is 4.46. The van der Waals surface area contributed by atoms with E-state index in [-0.39, 0.29) is 10.2 Å². The van der Waals surface area contributed by atoms with E-state index < -0.39 is 5.97 Å². The molecule has 0 aromatic carbocycles. The van der Waals surface area contributed by atoms with E-state index in [1.165, 1.54) is 12.3 Å². The number of hydrogen-bond donors (Lipinski definition) is 0. The minimum atomic E-state index is -0.410. The molecule has 1 aromatic rings. The van der Waals surface area contributed by atoms with E-state index in [2.05, 4.69) is 11.9 Å². The van der Waals surface area contributed by atoms with Crippen LogP contribution in [0.5, 0.6) is 0 Å². The fraction of sp³-hybridized carbons (Fsp3) is 0.500. The molecule has 0 radical (unpaired) electrons. The summed E-state index contributed by atoms with van der Waals surface area (Å²) in [5.74, 6) is -0.410. The normalized spacial score (nSPS) is 10.3. The molecule has 94 valence electrons. The van der Waals surface area contributed by atoms with Gasteiger partial charge in [0, 0.05) is 6.20 Å². The molecule has 3 nitrogen and oxygen atoms in total. The van der Waals surface area contributed by atoms with Crippen molar-refractivity contribution in [2.24, 2.45) is 0 Å². The number of hydrogen-bond acceptors (Lipinski definition) is 3. The summed E-state index contributed by atoms with van der Waals surface area (Å²) in [5.41, 5.74) is 0.329. The van der Waals surface area contributed by atoms with E-state index in [4.69, 9.17) is 27.9 Å². The molecule has 1 rings (SSSR count).